The topological polar surface area (TPSA) is 108 Å². The number of nitrogens with zero attached hydrogens (tertiary/aromatic N) is 2. The van der Waals surface area contributed by atoms with Gasteiger partial charge in [0.05, 0.1) is 15.4 Å². The minimum Gasteiger partial charge on any atom is -0.380 e. The summed E-state index contributed by atoms with van der Waals surface area (Å²) in [5.41, 5.74) is 5.80. The van der Waals surface area contributed by atoms with E-state index in [4.69, 9.17) is 10.6 Å². The molecule has 7 nitrogen and oxygen atoms in total. The third kappa shape index (κ3) is 3.23. The van der Waals surface area contributed by atoms with Gasteiger partial charge in [-0.3, -0.25) is 10.1 Å². The summed E-state index contributed by atoms with van der Waals surface area (Å²) >= 11 is 1.35. The van der Waals surface area contributed by atoms with Crippen LogP contribution < -0.4 is 5.73 Å². The molecule has 1 aromatic carbocycles. The lowest BCUT2D eigenvalue weighted by atomic mass is 10.1. The molecule has 0 aliphatic heterocycles. The second-order valence-electron chi connectivity index (χ2n) is 4.04. The molecule has 1 heterocycles. The summed E-state index contributed by atoms with van der Waals surface area (Å²) in [6.45, 7) is 1.47. The molecule has 1 aromatic heterocycles. The van der Waals surface area contributed by atoms with Gasteiger partial charge in [-0.2, -0.15) is 0 Å². The van der Waals surface area contributed by atoms with Gasteiger partial charge in [-0.1, -0.05) is 17.3 Å². The Morgan fingerprint density at radius 2 is 2.14 bits per heavy atom. The number of nitrogens with two attached hydrogens (primary N) is 1. The Hall–Kier alpha value is -2.74. The number of carbonyl (C=O) groups excluding carboxylic acids is 1. The van der Waals surface area contributed by atoms with Crippen LogP contribution in [0, 0.1) is 17.0 Å². The van der Waals surface area contributed by atoms with Crippen molar-refractivity contribution in [1.82, 2.24) is 0 Å². The van der Waals surface area contributed by atoms with E-state index in [9.17, 15) is 14.9 Å². The fourth-order valence-corrected chi connectivity index (χ4v) is 2.27. The van der Waals surface area contributed by atoms with Crippen molar-refractivity contribution in [3.63, 3.8) is 0 Å². The molecule has 0 bridgehead atoms. The Morgan fingerprint density at radius 3 is 2.76 bits per heavy atom. The van der Waals surface area contributed by atoms with Gasteiger partial charge in [0.25, 0.3) is 5.69 Å². The van der Waals surface area contributed by atoms with Gasteiger partial charge in [0.2, 0.25) is 0 Å². The molecule has 0 atom stereocenters. The van der Waals surface area contributed by atoms with Crippen molar-refractivity contribution in [3.05, 3.63) is 61.8 Å². The van der Waals surface area contributed by atoms with Crippen molar-refractivity contribution in [2.75, 3.05) is 0 Å². The Bertz CT molecular complexity index is 710. The van der Waals surface area contributed by atoms with Crippen LogP contribution >= 0.6 is 11.3 Å². The standard InChI is InChI=1S/C13H11N3O4S/c1-8-9(4-2-5-10(8)16(18)19)13(17)20-15-12(14)11-6-3-7-21-11/h2-7H,1H3,(H2,14,15). The van der Waals surface area contributed by atoms with Crippen molar-refractivity contribution >= 4 is 28.8 Å². The van der Waals surface area contributed by atoms with Crippen LogP contribution in [0.2, 0.25) is 0 Å². The molecule has 21 heavy (non-hydrogen) atoms. The summed E-state index contributed by atoms with van der Waals surface area (Å²) in [4.78, 5) is 27.6. The van der Waals surface area contributed by atoms with Gasteiger partial charge in [-0.25, -0.2) is 4.79 Å². The first kappa shape index (κ1) is 14.7. The van der Waals surface area contributed by atoms with E-state index in [-0.39, 0.29) is 22.6 Å². The van der Waals surface area contributed by atoms with Gasteiger partial charge in [-0.15, -0.1) is 11.3 Å². The number of carbonyl (C=O) groups is 1. The molecule has 0 fully saturated rings. The van der Waals surface area contributed by atoms with Crippen LogP contribution in [0.5, 0.6) is 0 Å². The Kier molecular flexibility index (Phi) is 4.29. The number of thiophene rings is 1. The third-order valence-corrected chi connectivity index (χ3v) is 3.61. The van der Waals surface area contributed by atoms with Gasteiger partial charge in [0, 0.05) is 11.6 Å². The van der Waals surface area contributed by atoms with E-state index in [0.29, 0.717) is 4.88 Å². The molecular weight excluding hydrogens is 294 g/mol. The monoisotopic (exact) mass is 305 g/mol. The molecule has 0 aliphatic rings. The van der Waals surface area contributed by atoms with Crippen molar-refractivity contribution in [2.24, 2.45) is 10.9 Å². The maximum atomic E-state index is 11.9. The minimum atomic E-state index is -0.796. The average molecular weight is 305 g/mol. The van der Waals surface area contributed by atoms with Crippen molar-refractivity contribution in [1.29, 1.82) is 0 Å². The molecule has 8 heteroatoms. The molecule has 0 unspecified atom stereocenters. The molecule has 108 valence electrons. The lowest BCUT2D eigenvalue weighted by Crippen LogP contribution is -2.14. The number of amidine groups is 1. The highest BCUT2D eigenvalue weighted by Crippen LogP contribution is 2.21. The number of rotatable bonds is 4. The SMILES string of the molecule is Cc1c(C(=O)O/N=C(\N)c2cccs2)cccc1[N+](=O)[O-]. The van der Waals surface area contributed by atoms with E-state index >= 15 is 0 Å². The highest BCUT2D eigenvalue weighted by Gasteiger charge is 2.19. The summed E-state index contributed by atoms with van der Waals surface area (Å²) in [7, 11) is 0. The van der Waals surface area contributed by atoms with E-state index in [1.807, 2.05) is 5.38 Å². The van der Waals surface area contributed by atoms with Crippen molar-refractivity contribution < 1.29 is 14.6 Å². The summed E-state index contributed by atoms with van der Waals surface area (Å²) in [6, 6.07) is 7.68. The second-order valence-corrected chi connectivity index (χ2v) is 4.99. The number of hydrogen-bond acceptors (Lipinski definition) is 6. The van der Waals surface area contributed by atoms with Crippen LogP contribution in [0.3, 0.4) is 0 Å². The van der Waals surface area contributed by atoms with Crippen LogP contribution in [0.25, 0.3) is 0 Å². The molecule has 0 saturated carbocycles. The van der Waals surface area contributed by atoms with E-state index in [0.717, 1.165) is 0 Å². The minimum absolute atomic E-state index is 0.0708. The van der Waals surface area contributed by atoms with Gasteiger partial charge < -0.3 is 10.6 Å². The summed E-state index contributed by atoms with van der Waals surface area (Å²) in [5.74, 6) is -0.725. The average Bonchev–Trinajstić information content (AvgIpc) is 2.98. The molecule has 0 saturated heterocycles. The second kappa shape index (κ2) is 6.14. The molecule has 0 aliphatic carbocycles. The van der Waals surface area contributed by atoms with Gasteiger partial charge in [0.15, 0.2) is 5.84 Å². The van der Waals surface area contributed by atoms with Crippen LogP contribution in [0.15, 0.2) is 40.9 Å². The Labute approximate surface area is 123 Å². The van der Waals surface area contributed by atoms with Crippen molar-refractivity contribution in [2.45, 2.75) is 6.92 Å². The fourth-order valence-electron chi connectivity index (χ4n) is 1.65. The molecule has 0 spiro atoms. The first-order valence-electron chi connectivity index (χ1n) is 5.83. The first-order valence-corrected chi connectivity index (χ1v) is 6.71. The quantitative estimate of drug-likeness (QED) is 0.307. The highest BCUT2D eigenvalue weighted by atomic mass is 32.1. The highest BCUT2D eigenvalue weighted by molar-refractivity contribution is 7.12. The van der Waals surface area contributed by atoms with Crippen LogP contribution in [0.4, 0.5) is 5.69 Å². The fraction of sp³-hybridized carbons (Fsp3) is 0.0769. The summed E-state index contributed by atoms with van der Waals surface area (Å²) in [5, 5.41) is 16.2. The van der Waals surface area contributed by atoms with E-state index in [2.05, 4.69) is 5.16 Å². The predicted molar refractivity (Wildman–Crippen MR) is 78.3 cm³/mol. The Balaban J connectivity index is 2.20. The normalized spacial score (nSPS) is 11.2. The van der Waals surface area contributed by atoms with Crippen LogP contribution in [-0.4, -0.2) is 16.7 Å². The number of oxime groups is 1. The number of nitro groups is 1. The van der Waals surface area contributed by atoms with E-state index in [1.165, 1.54) is 36.5 Å². The lowest BCUT2D eigenvalue weighted by molar-refractivity contribution is -0.385. The predicted octanol–water partition coefficient (Wildman–Crippen LogP) is 2.44. The molecule has 0 radical (unpaired) electrons. The van der Waals surface area contributed by atoms with Gasteiger partial charge in [0.1, 0.15) is 0 Å². The molecular formula is C13H11N3O4S. The number of benzene rings is 1. The van der Waals surface area contributed by atoms with Gasteiger partial charge in [-0.05, 0) is 24.4 Å². The zero-order chi connectivity index (χ0) is 15.4. The van der Waals surface area contributed by atoms with Crippen LogP contribution in [-0.2, 0) is 4.84 Å². The molecule has 2 aromatic rings. The van der Waals surface area contributed by atoms with E-state index < -0.39 is 10.9 Å². The van der Waals surface area contributed by atoms with Crippen molar-refractivity contribution in [3.8, 4) is 0 Å². The largest absolute Gasteiger partial charge is 0.380 e. The van der Waals surface area contributed by atoms with E-state index in [1.54, 1.807) is 12.1 Å². The molecule has 2 rings (SSSR count). The zero-order valence-corrected chi connectivity index (χ0v) is 11.8. The number of nitro benzene ring substituents is 1. The zero-order valence-electron chi connectivity index (χ0n) is 11.0. The summed E-state index contributed by atoms with van der Waals surface area (Å²) in [6.07, 6.45) is 0. The first-order chi connectivity index (χ1) is 10.0. The third-order valence-electron chi connectivity index (χ3n) is 2.72. The molecule has 0 amide bonds. The van der Waals surface area contributed by atoms with Gasteiger partial charge >= 0.3 is 5.97 Å². The van der Waals surface area contributed by atoms with Crippen LogP contribution in [0.1, 0.15) is 20.8 Å². The lowest BCUT2D eigenvalue weighted by Gasteiger charge is -2.03. The smallest absolute Gasteiger partial charge is 0.366 e. The number of hydrogen-bond donors (Lipinski definition) is 1. The Morgan fingerprint density at radius 1 is 1.38 bits per heavy atom. The maximum Gasteiger partial charge on any atom is 0.366 e. The summed E-state index contributed by atoms with van der Waals surface area (Å²) < 4.78 is 0. The molecule has 2 N–H and O–H groups in total. The maximum absolute atomic E-state index is 11.9.